The lowest BCUT2D eigenvalue weighted by molar-refractivity contribution is -0.122. The number of nitrogens with zero attached hydrogens (tertiary/aromatic N) is 3. The fourth-order valence-electron chi connectivity index (χ4n) is 3.98. The first-order valence-electron chi connectivity index (χ1n) is 10.2. The molecule has 7 heteroatoms. The molecule has 0 spiro atoms. The highest BCUT2D eigenvalue weighted by atomic mass is 16.5. The van der Waals surface area contributed by atoms with Crippen molar-refractivity contribution < 1.29 is 14.1 Å². The van der Waals surface area contributed by atoms with Crippen LogP contribution >= 0.6 is 0 Å². The van der Waals surface area contributed by atoms with E-state index in [0.29, 0.717) is 18.3 Å². The molecule has 0 bridgehead atoms. The van der Waals surface area contributed by atoms with E-state index in [1.165, 1.54) is 0 Å². The monoisotopic (exact) mass is 414 g/mol. The van der Waals surface area contributed by atoms with E-state index in [9.17, 15) is 4.79 Å². The average molecular weight is 414 g/mol. The van der Waals surface area contributed by atoms with Crippen LogP contribution in [-0.4, -0.2) is 28.1 Å². The van der Waals surface area contributed by atoms with Crippen LogP contribution in [0.15, 0.2) is 59.4 Å². The number of carbonyl (C=O) groups excluding carboxylic acids is 1. The Kier molecular flexibility index (Phi) is 4.86. The predicted molar refractivity (Wildman–Crippen MR) is 115 cm³/mol. The van der Waals surface area contributed by atoms with E-state index in [-0.39, 0.29) is 17.7 Å². The van der Waals surface area contributed by atoms with Gasteiger partial charge in [0.25, 0.3) is 0 Å². The Hall–Kier alpha value is -3.74. The van der Waals surface area contributed by atoms with Crippen LogP contribution in [0.3, 0.4) is 0 Å². The summed E-state index contributed by atoms with van der Waals surface area (Å²) >= 11 is 0. The summed E-state index contributed by atoms with van der Waals surface area (Å²) in [6, 6.07) is 14.1. The molecular weight excluding hydrogens is 392 g/mol. The molecule has 5 rings (SSSR count). The molecule has 4 aromatic rings. The van der Waals surface area contributed by atoms with Crippen LogP contribution in [0.1, 0.15) is 29.6 Å². The third kappa shape index (κ3) is 3.74. The molecule has 1 fully saturated rings. The maximum Gasteiger partial charge on any atom is 0.230 e. The van der Waals surface area contributed by atoms with Gasteiger partial charge in [0, 0.05) is 24.3 Å². The van der Waals surface area contributed by atoms with E-state index in [0.717, 1.165) is 39.6 Å². The minimum atomic E-state index is -0.111. The lowest BCUT2D eigenvalue weighted by atomic mass is 9.96. The van der Waals surface area contributed by atoms with Crippen molar-refractivity contribution in [2.75, 3.05) is 7.11 Å². The summed E-state index contributed by atoms with van der Waals surface area (Å²) in [4.78, 5) is 21.2. The van der Waals surface area contributed by atoms with Crippen LogP contribution in [0.5, 0.6) is 5.75 Å². The Morgan fingerprint density at radius 2 is 2.13 bits per heavy atom. The molecule has 1 aliphatic carbocycles. The van der Waals surface area contributed by atoms with Gasteiger partial charge in [-0.1, -0.05) is 29.4 Å². The summed E-state index contributed by atoms with van der Waals surface area (Å²) in [5.74, 6) is 1.88. The number of nitrogens with one attached hydrogen (secondary N) is 1. The largest absolute Gasteiger partial charge is 0.497 e. The molecule has 1 N–H and O–H groups in total. The fourth-order valence-corrected chi connectivity index (χ4v) is 3.98. The Balaban J connectivity index is 1.36. The Morgan fingerprint density at radius 1 is 1.23 bits per heavy atom. The normalized spacial score (nSPS) is 17.5. The number of hydrogen-bond acceptors (Lipinski definition) is 6. The van der Waals surface area contributed by atoms with Crippen molar-refractivity contribution in [1.29, 1.82) is 0 Å². The smallest absolute Gasteiger partial charge is 0.230 e. The highest BCUT2D eigenvalue weighted by molar-refractivity contribution is 5.98. The van der Waals surface area contributed by atoms with Gasteiger partial charge in [0.05, 0.1) is 18.9 Å². The first-order valence-corrected chi connectivity index (χ1v) is 10.2. The van der Waals surface area contributed by atoms with Gasteiger partial charge < -0.3 is 14.6 Å². The van der Waals surface area contributed by atoms with Crippen molar-refractivity contribution in [1.82, 2.24) is 20.4 Å². The number of methoxy groups -OCH3 is 1. The van der Waals surface area contributed by atoms with Crippen LogP contribution in [0.2, 0.25) is 0 Å². The van der Waals surface area contributed by atoms with Crippen LogP contribution < -0.4 is 10.1 Å². The average Bonchev–Trinajstić information content (AvgIpc) is 3.50. The number of pyridine rings is 1. The number of benzene rings is 2. The third-order valence-corrected chi connectivity index (χ3v) is 5.73. The highest BCUT2D eigenvalue weighted by Crippen LogP contribution is 2.46. The zero-order chi connectivity index (χ0) is 21.4. The molecule has 0 aliphatic heterocycles. The van der Waals surface area contributed by atoms with Crippen molar-refractivity contribution in [2.24, 2.45) is 5.92 Å². The SMILES string of the molecule is COc1cccc(-c2ccc(CNC(=O)[C@H]3C[C@@H]3c3nc(C)no3)c3cnccc23)c1. The second kappa shape index (κ2) is 7.83. The van der Waals surface area contributed by atoms with E-state index < -0.39 is 0 Å². The Bertz CT molecular complexity index is 1270. The molecule has 0 saturated heterocycles. The number of fused-ring (bicyclic) bond motifs is 1. The topological polar surface area (TPSA) is 90.1 Å². The maximum absolute atomic E-state index is 12.6. The molecule has 0 unspecified atom stereocenters. The van der Waals surface area contributed by atoms with Crippen molar-refractivity contribution in [3.63, 3.8) is 0 Å². The zero-order valence-corrected chi connectivity index (χ0v) is 17.3. The minimum Gasteiger partial charge on any atom is -0.497 e. The van der Waals surface area contributed by atoms with Gasteiger partial charge in [0.15, 0.2) is 5.82 Å². The molecule has 2 heterocycles. The quantitative estimate of drug-likeness (QED) is 0.512. The van der Waals surface area contributed by atoms with Crippen LogP contribution in [0.4, 0.5) is 0 Å². The minimum absolute atomic E-state index is 0.00904. The van der Waals surface area contributed by atoms with E-state index in [1.54, 1.807) is 20.2 Å². The number of hydrogen-bond donors (Lipinski definition) is 1. The number of amides is 1. The zero-order valence-electron chi connectivity index (χ0n) is 17.3. The molecule has 2 aromatic heterocycles. The molecule has 7 nitrogen and oxygen atoms in total. The maximum atomic E-state index is 12.6. The first-order chi connectivity index (χ1) is 15.1. The van der Waals surface area contributed by atoms with Gasteiger partial charge >= 0.3 is 0 Å². The van der Waals surface area contributed by atoms with Crippen LogP contribution in [-0.2, 0) is 11.3 Å². The molecular formula is C24H22N4O3. The molecule has 0 radical (unpaired) electrons. The number of aryl methyl sites for hydroxylation is 1. The van der Waals surface area contributed by atoms with Gasteiger partial charge in [-0.2, -0.15) is 4.98 Å². The van der Waals surface area contributed by atoms with Crippen molar-refractivity contribution in [3.8, 4) is 16.9 Å². The molecule has 2 atom stereocenters. The molecule has 156 valence electrons. The number of ether oxygens (including phenoxy) is 1. The van der Waals surface area contributed by atoms with Crippen LogP contribution in [0.25, 0.3) is 21.9 Å². The molecule has 2 aromatic carbocycles. The van der Waals surface area contributed by atoms with Crippen molar-refractivity contribution in [2.45, 2.75) is 25.8 Å². The molecule has 31 heavy (non-hydrogen) atoms. The number of rotatable bonds is 6. The van der Waals surface area contributed by atoms with E-state index in [1.807, 2.05) is 36.5 Å². The fraction of sp³-hybridized carbons (Fsp3) is 0.250. The summed E-state index contributed by atoms with van der Waals surface area (Å²) in [6.07, 6.45) is 4.38. The second-order valence-electron chi connectivity index (χ2n) is 7.77. The second-order valence-corrected chi connectivity index (χ2v) is 7.77. The lowest BCUT2D eigenvalue weighted by Crippen LogP contribution is -2.25. The molecule has 1 aliphatic rings. The van der Waals surface area contributed by atoms with Gasteiger partial charge in [-0.3, -0.25) is 9.78 Å². The first kappa shape index (κ1) is 19.2. The standard InChI is InChI=1S/C24H22N4O3/c1-14-27-24(31-28-14)21-11-20(21)23(29)26-12-16-6-7-18(19-8-9-25-13-22(16)19)15-4-3-5-17(10-15)30-2/h3-10,13,20-21H,11-12H2,1-2H3,(H,26,29)/t20-,21-/m0/s1. The number of aromatic nitrogens is 3. The van der Waals surface area contributed by atoms with E-state index in [4.69, 9.17) is 9.26 Å². The predicted octanol–water partition coefficient (Wildman–Crippen LogP) is 4.02. The van der Waals surface area contributed by atoms with Crippen molar-refractivity contribution in [3.05, 3.63) is 72.1 Å². The third-order valence-electron chi connectivity index (χ3n) is 5.73. The van der Waals surface area contributed by atoms with Gasteiger partial charge in [-0.05, 0) is 53.6 Å². The molecule has 1 amide bonds. The summed E-state index contributed by atoms with van der Waals surface area (Å²) in [6.45, 7) is 2.21. The van der Waals surface area contributed by atoms with Gasteiger partial charge in [0.1, 0.15) is 5.75 Å². The molecule has 1 saturated carbocycles. The number of carbonyl (C=O) groups is 1. The van der Waals surface area contributed by atoms with E-state index in [2.05, 4.69) is 32.6 Å². The van der Waals surface area contributed by atoms with Gasteiger partial charge in [-0.15, -0.1) is 0 Å². The summed E-state index contributed by atoms with van der Waals surface area (Å²) < 4.78 is 10.6. The Labute approximate surface area is 179 Å². The highest BCUT2D eigenvalue weighted by Gasteiger charge is 2.47. The summed E-state index contributed by atoms with van der Waals surface area (Å²) in [5.41, 5.74) is 3.19. The van der Waals surface area contributed by atoms with Gasteiger partial charge in [0.2, 0.25) is 11.8 Å². The van der Waals surface area contributed by atoms with Crippen LogP contribution in [0, 0.1) is 12.8 Å². The van der Waals surface area contributed by atoms with Gasteiger partial charge in [-0.25, -0.2) is 0 Å². The summed E-state index contributed by atoms with van der Waals surface area (Å²) in [5, 5.41) is 8.97. The van der Waals surface area contributed by atoms with Crippen molar-refractivity contribution >= 4 is 16.7 Å². The van der Waals surface area contributed by atoms with E-state index >= 15 is 0 Å². The summed E-state index contributed by atoms with van der Waals surface area (Å²) in [7, 11) is 1.66. The lowest BCUT2D eigenvalue weighted by Gasteiger charge is -2.13. The Morgan fingerprint density at radius 3 is 2.94 bits per heavy atom.